The highest BCUT2D eigenvalue weighted by Crippen LogP contribution is 2.27. The fourth-order valence-electron chi connectivity index (χ4n) is 14.0. The normalized spacial score (nSPS) is 11.8. The van der Waals surface area contributed by atoms with Crippen LogP contribution >= 0.6 is 11.3 Å². The smallest absolute Gasteiger partial charge is 0.181 e. The third-order valence-corrected chi connectivity index (χ3v) is 21.4. The zero-order chi connectivity index (χ0) is 86.7. The van der Waals surface area contributed by atoms with Gasteiger partial charge in [-0.15, -0.1) is 11.3 Å². The first kappa shape index (κ1) is 89.5. The molecule has 11 heteroatoms. The van der Waals surface area contributed by atoms with Crippen molar-refractivity contribution in [1.29, 1.82) is 0 Å². The lowest BCUT2D eigenvalue weighted by Crippen LogP contribution is -2.07. The van der Waals surface area contributed by atoms with Gasteiger partial charge in [0.1, 0.15) is 35.0 Å². The van der Waals surface area contributed by atoms with Gasteiger partial charge in [0, 0.05) is 70.2 Å². The number of aryl methyl sites for hydroxylation is 4. The quantitative estimate of drug-likeness (QED) is 0.158. The molecule has 14 aromatic carbocycles. The van der Waals surface area contributed by atoms with Crippen molar-refractivity contribution in [3.63, 3.8) is 0 Å². The number of aromatic amines is 1. The van der Waals surface area contributed by atoms with Crippen molar-refractivity contribution >= 4 is 99.0 Å². The number of furan rings is 1. The summed E-state index contributed by atoms with van der Waals surface area (Å²) < 4.78 is 27.6. The Morgan fingerprint density at radius 1 is 0.283 bits per heavy atom. The maximum absolute atomic E-state index is 5.42. The number of fused-ring (bicyclic) bond motifs is 12. The summed E-state index contributed by atoms with van der Waals surface area (Å²) in [4.78, 5) is 19.1. The Morgan fingerprint density at radius 3 is 1.40 bits per heavy atom. The molecule has 0 saturated heterocycles. The Hall–Kier alpha value is -15.3. The molecular weight excluding hydrogens is 1580 g/mol. The van der Waals surface area contributed by atoms with Gasteiger partial charge in [-0.2, -0.15) is 0 Å². The molecule has 0 saturated carbocycles. The Bertz CT molecular complexity index is 5700. The number of aromatic nitrogens is 5. The van der Waals surface area contributed by atoms with Gasteiger partial charge in [-0.25, -0.2) is 4.98 Å². The van der Waals surface area contributed by atoms with Crippen LogP contribution in [0.1, 0.15) is 64.6 Å². The summed E-state index contributed by atoms with van der Waals surface area (Å²) in [5, 5.41) is 12.2. The van der Waals surface area contributed by atoms with E-state index in [0.717, 1.165) is 70.9 Å². The van der Waals surface area contributed by atoms with Crippen molar-refractivity contribution in [3.05, 3.63) is 513 Å². The number of ether oxygens (including phenoxy) is 3. The second-order valence-electron chi connectivity index (χ2n) is 29.4. The van der Waals surface area contributed by atoms with E-state index >= 15 is 0 Å². The molecule has 1 N–H and O–H groups in total. The number of rotatable bonds is 0. The number of nitrogens with zero attached hydrogens (tertiary/aromatic N) is 4. The summed E-state index contributed by atoms with van der Waals surface area (Å²) in [6.45, 7) is 2.45. The summed E-state index contributed by atoms with van der Waals surface area (Å²) in [6.07, 6.45) is 33.8. The molecule has 7 aromatic heterocycles. The number of H-pyrrole nitrogens is 1. The van der Waals surface area contributed by atoms with Gasteiger partial charge >= 0.3 is 0 Å². The van der Waals surface area contributed by atoms with Crippen molar-refractivity contribution in [1.82, 2.24) is 24.9 Å². The van der Waals surface area contributed by atoms with Gasteiger partial charge in [0.25, 0.3) is 0 Å². The van der Waals surface area contributed by atoms with Gasteiger partial charge in [0.15, 0.2) is 12.0 Å². The molecule has 0 spiro atoms. The van der Waals surface area contributed by atoms with Crippen LogP contribution in [0.25, 0.3) is 87.7 Å². The van der Waals surface area contributed by atoms with Crippen LogP contribution in [0.5, 0.6) is 17.2 Å². The minimum Gasteiger partial charge on any atom is -0.493 e. The Morgan fingerprint density at radius 2 is 0.795 bits per heavy atom. The zero-order valence-corrected chi connectivity index (χ0v) is 72.2. The maximum Gasteiger partial charge on any atom is 0.181 e. The number of para-hydroxylation sites is 8. The van der Waals surface area contributed by atoms with E-state index in [1.807, 2.05) is 249 Å². The Balaban J connectivity index is 0.000000117. The van der Waals surface area contributed by atoms with Crippen LogP contribution in [-0.2, 0) is 32.1 Å². The number of thiophene rings is 1. The number of pyridine rings is 3. The summed E-state index contributed by atoms with van der Waals surface area (Å²) in [7, 11) is 0. The van der Waals surface area contributed by atoms with Crippen LogP contribution < -0.4 is 14.2 Å². The molecule has 10 nitrogen and oxygen atoms in total. The summed E-state index contributed by atoms with van der Waals surface area (Å²) in [6, 6.07) is 137. The van der Waals surface area contributed by atoms with Crippen molar-refractivity contribution in [2.45, 2.75) is 57.8 Å². The summed E-state index contributed by atoms with van der Waals surface area (Å²) in [5.41, 5.74) is 14.9. The minimum atomic E-state index is 0.705. The molecule has 10 heterocycles. The molecule has 0 atom stereocenters. The molecule has 0 unspecified atom stereocenters. The first-order valence-electron chi connectivity index (χ1n) is 43.2. The predicted octanol–water partition coefficient (Wildman–Crippen LogP) is 30.3. The summed E-state index contributed by atoms with van der Waals surface area (Å²) in [5.74, 6) is 3.14. The van der Waals surface area contributed by atoms with Gasteiger partial charge in [0.05, 0.1) is 25.0 Å². The average molecular weight is 1680 g/mol. The third-order valence-electron chi connectivity index (χ3n) is 20.5. The average Bonchev–Trinajstić information content (AvgIpc) is 1.71. The largest absolute Gasteiger partial charge is 0.493 e. The molecule has 2 aliphatic carbocycles. The molecule has 21 aromatic rings. The van der Waals surface area contributed by atoms with Crippen LogP contribution in [0.4, 0.5) is 0 Å². The first-order chi connectivity index (χ1) is 63.1. The van der Waals surface area contributed by atoms with E-state index in [1.54, 1.807) is 41.1 Å². The van der Waals surface area contributed by atoms with Crippen LogP contribution in [0.15, 0.2) is 483 Å². The molecular formula is C116H105N5O5S. The standard InChI is InChI=1S/C10H12.C10H10.C10H8.2C9H7N.C9H10O.C9H8O.C8H7N.C8H8O.C8H6O.C8H6S.C7H5NO.C6H6.C5H5N/c3*1-2-6-10-8-4-3-7-9(10)5-1;1-2-6-9-8(4-1)5-3-7-10-9;1-2-4-9-7-10-6-5-8(9)3-1;2*1-2-6-9-8(4-1)5-3-7-10-9;4*1-2-4-8-7(3-1)5-6-9-8;1-2-4-7-6(3-1)8-5-9-7;2*1-2-4-6-5-3-1/h1-2,5-6H,3-4,7-8H2;1-3,5-7H,4,8H2;1-8H;2*1-7H;1-2,4,6H,3,5,7H2;1-6H,7H2;1-6,9H;1-4H,5-6H2;2*1-6H;1-5H;1-6H;1-5H. The lowest BCUT2D eigenvalue weighted by atomic mass is 9.92. The first-order valence-corrected chi connectivity index (χ1v) is 44.1. The maximum atomic E-state index is 5.42. The van der Waals surface area contributed by atoms with Gasteiger partial charge in [-0.1, -0.05) is 328 Å². The number of oxazole rings is 1. The highest BCUT2D eigenvalue weighted by atomic mass is 32.1. The van der Waals surface area contributed by atoms with Gasteiger partial charge < -0.3 is 28.0 Å². The summed E-state index contributed by atoms with van der Waals surface area (Å²) >= 11 is 1.79. The number of allylic oxidation sites excluding steroid dienone is 1. The second kappa shape index (κ2) is 52.2. The Kier molecular flexibility index (Phi) is 36.8. The fraction of sp³-hybridized carbons (Fsp3) is 0.103. The van der Waals surface area contributed by atoms with Crippen molar-refractivity contribution in [2.24, 2.45) is 0 Å². The lowest BCUT2D eigenvalue weighted by Gasteiger charge is -2.15. The highest BCUT2D eigenvalue weighted by molar-refractivity contribution is 7.17. The number of nitrogens with one attached hydrogen (secondary N) is 1. The molecule has 0 fully saturated rings. The van der Waals surface area contributed by atoms with E-state index in [9.17, 15) is 0 Å². The molecule has 127 heavy (non-hydrogen) atoms. The second-order valence-corrected chi connectivity index (χ2v) is 30.3. The molecule has 5 aliphatic rings. The molecule has 630 valence electrons. The molecule has 0 amide bonds. The predicted molar refractivity (Wildman–Crippen MR) is 532 cm³/mol. The SMILES string of the molecule is C1=Cc2ccccc2CC1.C1=Cc2ccccc2OC1.c1ccc2[nH]ccc2c1.c1ccc2c(c1)CCCC2.c1ccc2c(c1)CCCO2.c1ccc2c(c1)CCO2.c1ccc2ccccc2c1.c1ccc2cnccc2c1.c1ccc2ncccc2c1.c1ccc2occc2c1.c1ccc2ocnc2c1.c1ccc2sccc2c1.c1ccccc1.c1ccncc1. The lowest BCUT2D eigenvalue weighted by molar-refractivity contribution is 0.288. The van der Waals surface area contributed by atoms with E-state index < -0.39 is 0 Å². The number of hydrogen-bond acceptors (Lipinski definition) is 10. The van der Waals surface area contributed by atoms with Gasteiger partial charge in [0.2, 0.25) is 0 Å². The van der Waals surface area contributed by atoms with E-state index in [0.29, 0.717) is 6.61 Å². The molecule has 26 rings (SSSR count). The van der Waals surface area contributed by atoms with E-state index in [1.165, 1.54) is 127 Å². The molecule has 0 bridgehead atoms. The topological polar surface area (TPSA) is 121 Å². The molecule has 0 radical (unpaired) electrons. The van der Waals surface area contributed by atoms with Gasteiger partial charge in [-0.3, -0.25) is 15.0 Å². The van der Waals surface area contributed by atoms with E-state index in [-0.39, 0.29) is 0 Å². The highest BCUT2D eigenvalue weighted by Gasteiger charge is 2.10. The van der Waals surface area contributed by atoms with E-state index in [4.69, 9.17) is 23.0 Å². The van der Waals surface area contributed by atoms with Crippen molar-refractivity contribution < 1.29 is 23.0 Å². The van der Waals surface area contributed by atoms with Crippen LogP contribution in [0, 0.1) is 0 Å². The zero-order valence-electron chi connectivity index (χ0n) is 71.4. The number of hydrogen-bond donors (Lipinski definition) is 1. The molecule has 3 aliphatic heterocycles. The van der Waals surface area contributed by atoms with Crippen LogP contribution in [-0.4, -0.2) is 44.7 Å². The van der Waals surface area contributed by atoms with Gasteiger partial charge in [-0.05, 0) is 226 Å². The minimum absolute atomic E-state index is 0.705. The van der Waals surface area contributed by atoms with Crippen molar-refractivity contribution in [2.75, 3.05) is 19.8 Å². The number of benzene rings is 14. The van der Waals surface area contributed by atoms with Crippen LogP contribution in [0.3, 0.4) is 0 Å². The third kappa shape index (κ3) is 30.3. The van der Waals surface area contributed by atoms with E-state index in [2.05, 4.69) is 237 Å². The van der Waals surface area contributed by atoms with Crippen molar-refractivity contribution in [3.8, 4) is 17.2 Å². The monoisotopic (exact) mass is 1680 g/mol. The van der Waals surface area contributed by atoms with Crippen LogP contribution in [0.2, 0.25) is 0 Å². The Labute approximate surface area is 749 Å². The fourth-order valence-corrected chi connectivity index (χ4v) is 14.8.